The van der Waals surface area contributed by atoms with E-state index in [4.69, 9.17) is 5.73 Å². The van der Waals surface area contributed by atoms with Crippen molar-refractivity contribution >= 4 is 33.4 Å². The summed E-state index contributed by atoms with van der Waals surface area (Å²) >= 11 is 1.51. The molecule has 122 valence electrons. The molecule has 0 fully saturated rings. The van der Waals surface area contributed by atoms with Gasteiger partial charge in [-0.25, -0.2) is 4.98 Å². The van der Waals surface area contributed by atoms with E-state index in [1.54, 1.807) is 18.2 Å². The number of nitrogens with one attached hydrogen (secondary N) is 1. The van der Waals surface area contributed by atoms with E-state index in [0.717, 1.165) is 27.2 Å². The number of rotatable bonds is 5. The molecule has 0 saturated carbocycles. The molecule has 0 atom stereocenters. The fourth-order valence-electron chi connectivity index (χ4n) is 2.31. The number of fused-ring (bicyclic) bond motifs is 1. The first kappa shape index (κ1) is 16.1. The Morgan fingerprint density at radius 1 is 1.12 bits per heavy atom. The monoisotopic (exact) mass is 339 g/mol. The number of carbonyl (C=O) groups excluding carboxylic acids is 2. The molecule has 3 aromatic rings. The standard InChI is InChI=1S/C18H17N3O2S/c1-2-9-20-17(23)13-7-8-14-15(10-13)24-18(21-14)12-5-3-11(4-6-12)16(19)22/h3-8,10H,2,9H2,1H3,(H2,19,22)(H,20,23). The van der Waals surface area contributed by atoms with E-state index in [9.17, 15) is 9.59 Å². The first-order chi connectivity index (χ1) is 11.6. The second-order valence-electron chi connectivity index (χ2n) is 5.40. The zero-order valence-corrected chi connectivity index (χ0v) is 14.0. The Balaban J connectivity index is 1.90. The van der Waals surface area contributed by atoms with Crippen LogP contribution in [0.2, 0.25) is 0 Å². The fraction of sp³-hybridized carbons (Fsp3) is 0.167. The van der Waals surface area contributed by atoms with Gasteiger partial charge in [-0.2, -0.15) is 0 Å². The number of primary amides is 1. The van der Waals surface area contributed by atoms with Crippen molar-refractivity contribution < 1.29 is 9.59 Å². The quantitative estimate of drug-likeness (QED) is 0.748. The minimum atomic E-state index is -0.450. The SMILES string of the molecule is CCCNC(=O)c1ccc2nc(-c3ccc(C(N)=O)cc3)sc2c1. The van der Waals surface area contributed by atoms with Crippen LogP contribution in [0, 0.1) is 0 Å². The van der Waals surface area contributed by atoms with Crippen molar-refractivity contribution in [3.8, 4) is 10.6 Å². The molecule has 2 aromatic carbocycles. The highest BCUT2D eigenvalue weighted by Gasteiger charge is 2.11. The van der Waals surface area contributed by atoms with Crippen LogP contribution in [0.1, 0.15) is 34.1 Å². The molecule has 0 radical (unpaired) electrons. The van der Waals surface area contributed by atoms with Gasteiger partial charge < -0.3 is 11.1 Å². The summed E-state index contributed by atoms with van der Waals surface area (Å²) in [7, 11) is 0. The van der Waals surface area contributed by atoms with E-state index in [1.165, 1.54) is 11.3 Å². The predicted octanol–water partition coefficient (Wildman–Crippen LogP) is 3.20. The molecule has 3 rings (SSSR count). The number of benzene rings is 2. The van der Waals surface area contributed by atoms with Crippen LogP contribution in [0.3, 0.4) is 0 Å². The van der Waals surface area contributed by atoms with Crippen molar-refractivity contribution in [1.29, 1.82) is 0 Å². The van der Waals surface area contributed by atoms with E-state index < -0.39 is 5.91 Å². The van der Waals surface area contributed by atoms with Crippen LogP contribution < -0.4 is 11.1 Å². The van der Waals surface area contributed by atoms with Crippen molar-refractivity contribution in [2.75, 3.05) is 6.54 Å². The summed E-state index contributed by atoms with van der Waals surface area (Å²) in [5, 5.41) is 3.71. The Morgan fingerprint density at radius 2 is 1.83 bits per heavy atom. The van der Waals surface area contributed by atoms with Gasteiger partial charge in [0.15, 0.2) is 0 Å². The lowest BCUT2D eigenvalue weighted by Gasteiger charge is -2.02. The number of hydrogen-bond donors (Lipinski definition) is 2. The van der Waals surface area contributed by atoms with Crippen LogP contribution in [0.5, 0.6) is 0 Å². The average molecular weight is 339 g/mol. The Labute approximate surface area is 143 Å². The summed E-state index contributed by atoms with van der Waals surface area (Å²) in [4.78, 5) is 27.8. The van der Waals surface area contributed by atoms with Crippen LogP contribution in [0.4, 0.5) is 0 Å². The number of thiazole rings is 1. The Kier molecular flexibility index (Phi) is 4.57. The number of aromatic nitrogens is 1. The van der Waals surface area contributed by atoms with Gasteiger partial charge in [0.05, 0.1) is 10.2 Å². The Morgan fingerprint density at radius 3 is 2.50 bits per heavy atom. The molecule has 1 aromatic heterocycles. The van der Waals surface area contributed by atoms with Crippen molar-refractivity contribution in [2.45, 2.75) is 13.3 Å². The number of carbonyl (C=O) groups is 2. The summed E-state index contributed by atoms with van der Waals surface area (Å²) < 4.78 is 0.952. The third kappa shape index (κ3) is 3.28. The van der Waals surface area contributed by atoms with Gasteiger partial charge in [-0.05, 0) is 36.8 Å². The molecule has 0 spiro atoms. The third-order valence-corrected chi connectivity index (χ3v) is 4.67. The molecule has 0 aliphatic heterocycles. The maximum Gasteiger partial charge on any atom is 0.251 e. The molecule has 6 heteroatoms. The largest absolute Gasteiger partial charge is 0.366 e. The number of hydrogen-bond acceptors (Lipinski definition) is 4. The maximum absolute atomic E-state index is 12.1. The highest BCUT2D eigenvalue weighted by molar-refractivity contribution is 7.21. The highest BCUT2D eigenvalue weighted by Crippen LogP contribution is 2.30. The fourth-order valence-corrected chi connectivity index (χ4v) is 3.32. The van der Waals surface area contributed by atoms with E-state index in [1.807, 2.05) is 31.2 Å². The minimum Gasteiger partial charge on any atom is -0.366 e. The summed E-state index contributed by atoms with van der Waals surface area (Å²) in [6, 6.07) is 12.5. The van der Waals surface area contributed by atoms with Crippen LogP contribution in [0.25, 0.3) is 20.8 Å². The van der Waals surface area contributed by atoms with Crippen LogP contribution in [0.15, 0.2) is 42.5 Å². The zero-order chi connectivity index (χ0) is 17.1. The number of nitrogens with two attached hydrogens (primary N) is 1. The Hall–Kier alpha value is -2.73. The summed E-state index contributed by atoms with van der Waals surface area (Å²) in [5.74, 6) is -0.520. The van der Waals surface area contributed by atoms with E-state index in [0.29, 0.717) is 17.7 Å². The van der Waals surface area contributed by atoms with Crippen molar-refractivity contribution in [3.63, 3.8) is 0 Å². The molecule has 0 saturated heterocycles. The molecule has 1 heterocycles. The summed E-state index contributed by atoms with van der Waals surface area (Å²) in [5.41, 5.74) is 8.12. The molecule has 0 bridgehead atoms. The molecule has 5 nitrogen and oxygen atoms in total. The average Bonchev–Trinajstić information content (AvgIpc) is 3.02. The second kappa shape index (κ2) is 6.80. The molecule has 0 aliphatic rings. The first-order valence-corrected chi connectivity index (χ1v) is 8.49. The van der Waals surface area contributed by atoms with Gasteiger partial charge in [0.2, 0.25) is 5.91 Å². The van der Waals surface area contributed by atoms with Crippen LogP contribution >= 0.6 is 11.3 Å². The van der Waals surface area contributed by atoms with Crippen molar-refractivity contribution in [2.24, 2.45) is 5.73 Å². The van der Waals surface area contributed by atoms with Gasteiger partial charge in [-0.3, -0.25) is 9.59 Å². The molecule has 3 N–H and O–H groups in total. The Bertz CT molecular complexity index is 900. The lowest BCUT2D eigenvalue weighted by molar-refractivity contribution is 0.0952. The van der Waals surface area contributed by atoms with Crippen molar-refractivity contribution in [1.82, 2.24) is 10.3 Å². The number of amides is 2. The molecular weight excluding hydrogens is 322 g/mol. The van der Waals surface area contributed by atoms with E-state index in [-0.39, 0.29) is 5.91 Å². The molecule has 0 unspecified atom stereocenters. The van der Waals surface area contributed by atoms with Gasteiger partial charge in [0, 0.05) is 23.2 Å². The van der Waals surface area contributed by atoms with Crippen LogP contribution in [-0.2, 0) is 0 Å². The lowest BCUT2D eigenvalue weighted by Crippen LogP contribution is -2.23. The molecule has 24 heavy (non-hydrogen) atoms. The second-order valence-corrected chi connectivity index (χ2v) is 6.43. The molecule has 2 amide bonds. The third-order valence-electron chi connectivity index (χ3n) is 3.60. The summed E-state index contributed by atoms with van der Waals surface area (Å²) in [6.07, 6.45) is 0.903. The zero-order valence-electron chi connectivity index (χ0n) is 13.2. The summed E-state index contributed by atoms with van der Waals surface area (Å²) in [6.45, 7) is 2.68. The highest BCUT2D eigenvalue weighted by atomic mass is 32.1. The van der Waals surface area contributed by atoms with Gasteiger partial charge >= 0.3 is 0 Å². The molecule has 0 aliphatic carbocycles. The maximum atomic E-state index is 12.1. The van der Waals surface area contributed by atoms with Gasteiger partial charge in [0.1, 0.15) is 5.01 Å². The topological polar surface area (TPSA) is 85.1 Å². The van der Waals surface area contributed by atoms with Crippen LogP contribution in [-0.4, -0.2) is 23.3 Å². The first-order valence-electron chi connectivity index (χ1n) is 7.67. The smallest absolute Gasteiger partial charge is 0.251 e. The predicted molar refractivity (Wildman–Crippen MR) is 96.2 cm³/mol. The number of nitrogens with zero attached hydrogens (tertiary/aromatic N) is 1. The van der Waals surface area contributed by atoms with Crippen molar-refractivity contribution in [3.05, 3.63) is 53.6 Å². The molecular formula is C18H17N3O2S. The minimum absolute atomic E-state index is 0.0699. The van der Waals surface area contributed by atoms with Gasteiger partial charge in [-0.15, -0.1) is 11.3 Å². The van der Waals surface area contributed by atoms with E-state index in [2.05, 4.69) is 10.3 Å². The normalized spacial score (nSPS) is 10.7. The lowest BCUT2D eigenvalue weighted by atomic mass is 10.1. The van der Waals surface area contributed by atoms with Gasteiger partial charge in [0.25, 0.3) is 5.91 Å². The van der Waals surface area contributed by atoms with Gasteiger partial charge in [-0.1, -0.05) is 19.1 Å². The van der Waals surface area contributed by atoms with E-state index >= 15 is 0 Å².